The minimum absolute atomic E-state index is 0.294. The summed E-state index contributed by atoms with van der Waals surface area (Å²) < 4.78 is 15.6. The predicted molar refractivity (Wildman–Crippen MR) is 67.3 cm³/mol. The van der Waals surface area contributed by atoms with Crippen LogP contribution in [0, 0.1) is 0 Å². The molecule has 1 aromatic rings. The van der Waals surface area contributed by atoms with Crippen LogP contribution in [0.5, 0.6) is 17.2 Å². The van der Waals surface area contributed by atoms with E-state index in [-0.39, 0.29) is 4.82 Å². The summed E-state index contributed by atoms with van der Waals surface area (Å²) in [4.78, 5) is 10.5. The highest BCUT2D eigenvalue weighted by Crippen LogP contribution is 2.33. The third-order valence-electron chi connectivity index (χ3n) is 2.22. The van der Waals surface area contributed by atoms with Crippen LogP contribution >= 0.6 is 15.9 Å². The summed E-state index contributed by atoms with van der Waals surface area (Å²) in [7, 11) is 4.66. The Bertz CT molecular complexity index is 383. The van der Waals surface area contributed by atoms with Gasteiger partial charge in [-0.15, -0.1) is 0 Å². The molecule has 94 valence electrons. The highest BCUT2D eigenvalue weighted by atomic mass is 79.9. The van der Waals surface area contributed by atoms with Gasteiger partial charge in [-0.05, 0) is 0 Å². The molecule has 0 spiro atoms. The zero-order chi connectivity index (χ0) is 12.8. The summed E-state index contributed by atoms with van der Waals surface area (Å²) >= 11 is 2.80. The SMILES string of the molecule is COc1cc(OC)c(CNC(=O)Br)c(OC)c1. The second kappa shape index (κ2) is 6.34. The van der Waals surface area contributed by atoms with Crippen molar-refractivity contribution in [2.75, 3.05) is 21.3 Å². The first-order valence-corrected chi connectivity index (χ1v) is 5.64. The van der Waals surface area contributed by atoms with Gasteiger partial charge in [0.1, 0.15) is 17.2 Å². The lowest BCUT2D eigenvalue weighted by Gasteiger charge is -2.14. The second-order valence-corrected chi connectivity index (χ2v) is 3.86. The average Bonchev–Trinajstić information content (AvgIpc) is 2.34. The fraction of sp³-hybridized carbons (Fsp3) is 0.364. The molecule has 0 fully saturated rings. The molecule has 0 saturated carbocycles. The van der Waals surface area contributed by atoms with Gasteiger partial charge in [0.2, 0.25) is 0 Å². The van der Waals surface area contributed by atoms with E-state index in [2.05, 4.69) is 21.2 Å². The first-order valence-electron chi connectivity index (χ1n) is 4.84. The molecule has 0 aliphatic carbocycles. The van der Waals surface area contributed by atoms with Gasteiger partial charge in [0.15, 0.2) is 0 Å². The van der Waals surface area contributed by atoms with Gasteiger partial charge in [-0.1, -0.05) is 0 Å². The summed E-state index contributed by atoms with van der Waals surface area (Å²) in [6.07, 6.45) is 0. The minimum atomic E-state index is -0.294. The maximum Gasteiger partial charge on any atom is 0.287 e. The minimum Gasteiger partial charge on any atom is -0.496 e. The van der Waals surface area contributed by atoms with Crippen molar-refractivity contribution in [1.82, 2.24) is 5.32 Å². The van der Waals surface area contributed by atoms with Crippen LogP contribution in [0.3, 0.4) is 0 Å². The van der Waals surface area contributed by atoms with Crippen LogP contribution in [-0.2, 0) is 6.54 Å². The van der Waals surface area contributed by atoms with Crippen molar-refractivity contribution >= 4 is 20.7 Å². The molecule has 0 aliphatic heterocycles. The number of rotatable bonds is 5. The number of nitrogens with one attached hydrogen (secondary N) is 1. The number of amides is 1. The fourth-order valence-electron chi connectivity index (χ4n) is 1.41. The van der Waals surface area contributed by atoms with Crippen molar-refractivity contribution in [3.8, 4) is 17.2 Å². The number of halogens is 1. The lowest BCUT2D eigenvalue weighted by atomic mass is 10.1. The summed E-state index contributed by atoms with van der Waals surface area (Å²) in [5.74, 6) is 1.83. The zero-order valence-electron chi connectivity index (χ0n) is 9.87. The lowest BCUT2D eigenvalue weighted by Crippen LogP contribution is -2.16. The molecule has 1 aromatic carbocycles. The Balaban J connectivity index is 3.10. The maximum atomic E-state index is 10.8. The third-order valence-corrected chi connectivity index (χ3v) is 2.50. The summed E-state index contributed by atoms with van der Waals surface area (Å²) in [5, 5.41) is 2.63. The zero-order valence-corrected chi connectivity index (χ0v) is 11.5. The van der Waals surface area contributed by atoms with E-state index in [0.717, 1.165) is 5.56 Å². The van der Waals surface area contributed by atoms with Crippen molar-refractivity contribution < 1.29 is 19.0 Å². The van der Waals surface area contributed by atoms with Crippen LogP contribution in [-0.4, -0.2) is 26.1 Å². The van der Waals surface area contributed by atoms with Crippen LogP contribution in [0.4, 0.5) is 4.79 Å². The lowest BCUT2D eigenvalue weighted by molar-refractivity contribution is 0.261. The van der Waals surface area contributed by atoms with Gasteiger partial charge >= 0.3 is 0 Å². The van der Waals surface area contributed by atoms with E-state index in [0.29, 0.717) is 23.8 Å². The van der Waals surface area contributed by atoms with Crippen LogP contribution in [0.2, 0.25) is 0 Å². The number of carbonyl (C=O) groups excluding carboxylic acids is 1. The molecule has 5 nitrogen and oxygen atoms in total. The van der Waals surface area contributed by atoms with Gasteiger partial charge in [-0.25, -0.2) is 0 Å². The van der Waals surface area contributed by atoms with Gasteiger partial charge < -0.3 is 19.5 Å². The van der Waals surface area contributed by atoms with Crippen molar-refractivity contribution in [1.29, 1.82) is 0 Å². The number of carbonyl (C=O) groups is 1. The predicted octanol–water partition coefficient (Wildman–Crippen LogP) is 2.32. The Morgan fingerprint density at radius 2 is 1.71 bits per heavy atom. The van der Waals surface area contributed by atoms with Crippen molar-refractivity contribution in [2.24, 2.45) is 0 Å². The highest BCUT2D eigenvalue weighted by molar-refractivity contribution is 9.18. The largest absolute Gasteiger partial charge is 0.496 e. The second-order valence-electron chi connectivity index (χ2n) is 3.14. The standard InChI is InChI=1S/C11H14BrNO4/c1-15-7-4-9(16-2)8(6-13-11(12)14)10(5-7)17-3/h4-5H,6H2,1-3H3,(H,13,14). The van der Waals surface area contributed by atoms with Crippen LogP contribution in [0.1, 0.15) is 5.56 Å². The van der Waals surface area contributed by atoms with Crippen molar-refractivity contribution in [2.45, 2.75) is 6.54 Å². The monoisotopic (exact) mass is 303 g/mol. The van der Waals surface area contributed by atoms with Gasteiger partial charge in [0.25, 0.3) is 4.82 Å². The number of ether oxygens (including phenoxy) is 3. The van der Waals surface area contributed by atoms with E-state index in [1.54, 1.807) is 33.5 Å². The first kappa shape index (κ1) is 13.6. The van der Waals surface area contributed by atoms with E-state index >= 15 is 0 Å². The number of hydrogen-bond acceptors (Lipinski definition) is 4. The fourth-order valence-corrected chi connectivity index (χ4v) is 1.55. The molecule has 0 bridgehead atoms. The molecular formula is C11H14BrNO4. The first-order chi connectivity index (χ1) is 8.12. The number of hydrogen-bond donors (Lipinski definition) is 1. The quantitative estimate of drug-likeness (QED) is 0.670. The normalized spacial score (nSPS) is 9.65. The molecule has 1 amide bonds. The molecule has 6 heteroatoms. The molecule has 0 heterocycles. The van der Waals surface area contributed by atoms with Gasteiger partial charge in [0, 0.05) is 28.1 Å². The van der Waals surface area contributed by atoms with Crippen LogP contribution < -0.4 is 19.5 Å². The highest BCUT2D eigenvalue weighted by Gasteiger charge is 2.13. The van der Waals surface area contributed by atoms with Gasteiger partial charge in [-0.2, -0.15) is 0 Å². The molecule has 0 radical (unpaired) electrons. The molecule has 0 unspecified atom stereocenters. The Kier molecular flexibility index (Phi) is 5.09. The average molecular weight is 304 g/mol. The third kappa shape index (κ3) is 3.52. The topological polar surface area (TPSA) is 56.8 Å². The molecule has 0 aromatic heterocycles. The smallest absolute Gasteiger partial charge is 0.287 e. The Morgan fingerprint density at radius 3 is 2.06 bits per heavy atom. The Labute approximate surface area is 108 Å². The van der Waals surface area contributed by atoms with Crippen LogP contribution in [0.25, 0.3) is 0 Å². The maximum absolute atomic E-state index is 10.8. The van der Waals surface area contributed by atoms with E-state index in [9.17, 15) is 4.79 Å². The number of benzene rings is 1. The molecule has 17 heavy (non-hydrogen) atoms. The van der Waals surface area contributed by atoms with E-state index in [1.165, 1.54) is 0 Å². The molecule has 0 aliphatic rings. The Morgan fingerprint density at radius 1 is 1.18 bits per heavy atom. The van der Waals surface area contributed by atoms with Crippen molar-refractivity contribution in [3.63, 3.8) is 0 Å². The summed E-state index contributed by atoms with van der Waals surface area (Å²) in [6, 6.07) is 3.47. The molecule has 0 atom stereocenters. The van der Waals surface area contributed by atoms with Crippen molar-refractivity contribution in [3.05, 3.63) is 17.7 Å². The van der Waals surface area contributed by atoms with E-state index in [1.807, 2.05) is 0 Å². The Hall–Kier alpha value is -1.43. The molecule has 1 N–H and O–H groups in total. The molecular weight excluding hydrogens is 290 g/mol. The molecule has 0 saturated heterocycles. The van der Waals surface area contributed by atoms with E-state index < -0.39 is 0 Å². The molecule has 1 rings (SSSR count). The van der Waals surface area contributed by atoms with Gasteiger partial charge in [-0.3, -0.25) is 4.79 Å². The summed E-state index contributed by atoms with van der Waals surface area (Å²) in [6.45, 7) is 0.306. The van der Waals surface area contributed by atoms with Crippen LogP contribution in [0.15, 0.2) is 12.1 Å². The van der Waals surface area contributed by atoms with E-state index in [4.69, 9.17) is 14.2 Å². The number of methoxy groups -OCH3 is 3. The summed E-state index contributed by atoms with van der Waals surface area (Å²) in [5.41, 5.74) is 0.753. The van der Waals surface area contributed by atoms with Gasteiger partial charge in [0.05, 0.1) is 33.4 Å².